The Balaban J connectivity index is 1.90. The molecule has 1 saturated carbocycles. The predicted molar refractivity (Wildman–Crippen MR) is 89.4 cm³/mol. The van der Waals surface area contributed by atoms with Crippen molar-refractivity contribution in [1.29, 1.82) is 0 Å². The molecule has 2 rings (SSSR count). The highest BCUT2D eigenvalue weighted by Gasteiger charge is 2.59. The maximum absolute atomic E-state index is 12.8. The van der Waals surface area contributed by atoms with E-state index in [0.29, 0.717) is 52.2 Å². The Bertz CT molecular complexity index is 482. The van der Waals surface area contributed by atoms with Crippen LogP contribution < -0.4 is 0 Å². The summed E-state index contributed by atoms with van der Waals surface area (Å²) in [6.45, 7) is 6.74. The van der Waals surface area contributed by atoms with E-state index in [-0.39, 0.29) is 17.9 Å². The summed E-state index contributed by atoms with van der Waals surface area (Å²) in [6, 6.07) is 0. The largest absolute Gasteiger partial charge is 0.450 e. The van der Waals surface area contributed by atoms with E-state index in [1.54, 1.807) is 28.7 Å². The summed E-state index contributed by atoms with van der Waals surface area (Å²) in [6.07, 6.45) is 2.92. The van der Waals surface area contributed by atoms with Crippen LogP contribution in [0.25, 0.3) is 0 Å². The molecule has 2 fully saturated rings. The van der Waals surface area contributed by atoms with Crippen LogP contribution in [0.3, 0.4) is 0 Å². The molecule has 1 aliphatic carbocycles. The maximum Gasteiger partial charge on any atom is 0.409 e. The lowest BCUT2D eigenvalue weighted by molar-refractivity contribution is -0.149. The molecule has 0 N–H and O–H groups in total. The first-order valence-corrected chi connectivity index (χ1v) is 8.93. The number of carbonyl (C=O) groups is 3. The van der Waals surface area contributed by atoms with E-state index in [9.17, 15) is 14.4 Å². The van der Waals surface area contributed by atoms with E-state index in [0.717, 1.165) is 12.8 Å². The summed E-state index contributed by atoms with van der Waals surface area (Å²) in [5.41, 5.74) is -0.839. The summed E-state index contributed by atoms with van der Waals surface area (Å²) < 4.78 is 4.99. The molecule has 0 unspecified atom stereocenters. The molecule has 7 nitrogen and oxygen atoms in total. The summed E-state index contributed by atoms with van der Waals surface area (Å²) >= 11 is 0. The number of amides is 3. The minimum atomic E-state index is -0.839. The normalized spacial score (nSPS) is 19.0. The average molecular weight is 339 g/mol. The average Bonchev–Trinajstić information content (AvgIpc) is 3.40. The van der Waals surface area contributed by atoms with Crippen LogP contribution in [0.15, 0.2) is 0 Å². The molecule has 24 heavy (non-hydrogen) atoms. The molecule has 0 aromatic rings. The molecular formula is C17H29N3O4. The zero-order valence-corrected chi connectivity index (χ0v) is 15.0. The van der Waals surface area contributed by atoms with Gasteiger partial charge in [-0.25, -0.2) is 4.79 Å². The Labute approximate surface area is 143 Å². The molecule has 0 aromatic heterocycles. The Morgan fingerprint density at radius 1 is 1.04 bits per heavy atom. The summed E-state index contributed by atoms with van der Waals surface area (Å²) in [7, 11) is 1.78. The molecule has 0 aromatic carbocycles. The number of ether oxygens (including phenoxy) is 1. The van der Waals surface area contributed by atoms with Crippen molar-refractivity contribution in [3.63, 3.8) is 0 Å². The van der Waals surface area contributed by atoms with Crippen LogP contribution in [0.1, 0.15) is 39.5 Å². The van der Waals surface area contributed by atoms with E-state index in [1.807, 2.05) is 0 Å². The van der Waals surface area contributed by atoms with E-state index >= 15 is 0 Å². The topological polar surface area (TPSA) is 70.2 Å². The quantitative estimate of drug-likeness (QED) is 0.685. The number of piperazine rings is 1. The van der Waals surface area contributed by atoms with Gasteiger partial charge in [-0.05, 0) is 26.2 Å². The zero-order valence-electron chi connectivity index (χ0n) is 15.0. The van der Waals surface area contributed by atoms with Crippen molar-refractivity contribution in [2.75, 3.05) is 46.4 Å². The molecule has 0 spiro atoms. The molecule has 136 valence electrons. The molecular weight excluding hydrogens is 310 g/mol. The van der Waals surface area contributed by atoms with Crippen molar-refractivity contribution in [1.82, 2.24) is 14.7 Å². The standard InChI is InChI=1S/C17H29N3O4/c1-4-6-9-18(3)14(21)17(7-8-17)15(22)19-10-12-20(13-11-19)16(23)24-5-2/h4-13H2,1-3H3. The van der Waals surface area contributed by atoms with Crippen LogP contribution in [-0.4, -0.2) is 79.0 Å². The zero-order chi connectivity index (χ0) is 17.7. The van der Waals surface area contributed by atoms with Crippen molar-refractivity contribution in [3.8, 4) is 0 Å². The lowest BCUT2D eigenvalue weighted by atomic mass is 10.0. The summed E-state index contributed by atoms with van der Waals surface area (Å²) in [5, 5.41) is 0. The van der Waals surface area contributed by atoms with E-state index < -0.39 is 5.41 Å². The second-order valence-electron chi connectivity index (χ2n) is 6.64. The first kappa shape index (κ1) is 18.5. The molecule has 3 amide bonds. The highest BCUT2D eigenvalue weighted by molar-refractivity contribution is 6.07. The summed E-state index contributed by atoms with van der Waals surface area (Å²) in [4.78, 5) is 42.3. The Morgan fingerprint density at radius 3 is 2.12 bits per heavy atom. The van der Waals surface area contributed by atoms with Gasteiger partial charge >= 0.3 is 6.09 Å². The molecule has 1 heterocycles. The van der Waals surface area contributed by atoms with Gasteiger partial charge in [0.15, 0.2) is 0 Å². The van der Waals surface area contributed by atoms with E-state index in [2.05, 4.69) is 6.92 Å². The van der Waals surface area contributed by atoms with Crippen LogP contribution >= 0.6 is 0 Å². The van der Waals surface area contributed by atoms with Gasteiger partial charge in [-0.3, -0.25) is 9.59 Å². The first-order chi connectivity index (χ1) is 11.5. The third kappa shape index (κ3) is 3.82. The summed E-state index contributed by atoms with van der Waals surface area (Å²) in [5.74, 6) is -0.117. The minimum Gasteiger partial charge on any atom is -0.450 e. The molecule has 0 atom stereocenters. The predicted octanol–water partition coefficient (Wildman–Crippen LogP) is 1.33. The fourth-order valence-corrected chi connectivity index (χ4v) is 3.12. The molecule has 1 saturated heterocycles. The van der Waals surface area contributed by atoms with Gasteiger partial charge in [0.05, 0.1) is 6.61 Å². The SMILES string of the molecule is CCCCN(C)C(=O)C1(C(=O)N2CCN(C(=O)OCC)CC2)CC1. The fourth-order valence-electron chi connectivity index (χ4n) is 3.12. The van der Waals surface area contributed by atoms with Gasteiger partial charge in [0.25, 0.3) is 0 Å². The number of unbranched alkanes of at least 4 members (excludes halogenated alkanes) is 1. The van der Waals surface area contributed by atoms with Crippen molar-refractivity contribution in [3.05, 3.63) is 0 Å². The Morgan fingerprint density at radius 2 is 1.62 bits per heavy atom. The van der Waals surface area contributed by atoms with Gasteiger partial charge in [-0.15, -0.1) is 0 Å². The van der Waals surface area contributed by atoms with Crippen molar-refractivity contribution in [2.45, 2.75) is 39.5 Å². The van der Waals surface area contributed by atoms with Crippen molar-refractivity contribution < 1.29 is 19.1 Å². The third-order valence-electron chi connectivity index (χ3n) is 4.86. The highest BCUT2D eigenvalue weighted by atomic mass is 16.6. The second-order valence-corrected chi connectivity index (χ2v) is 6.64. The number of nitrogens with zero attached hydrogens (tertiary/aromatic N) is 3. The number of hydrogen-bond donors (Lipinski definition) is 0. The van der Waals surface area contributed by atoms with Gasteiger partial charge in [0.1, 0.15) is 5.41 Å². The van der Waals surface area contributed by atoms with Gasteiger partial charge in [0.2, 0.25) is 11.8 Å². The van der Waals surface area contributed by atoms with E-state index in [4.69, 9.17) is 4.74 Å². The van der Waals surface area contributed by atoms with Gasteiger partial charge in [-0.1, -0.05) is 13.3 Å². The second kappa shape index (κ2) is 7.85. The lowest BCUT2D eigenvalue weighted by Gasteiger charge is -2.36. The Kier molecular flexibility index (Phi) is 6.07. The smallest absolute Gasteiger partial charge is 0.409 e. The molecule has 0 bridgehead atoms. The molecule has 1 aliphatic heterocycles. The number of carbonyl (C=O) groups excluding carboxylic acids is 3. The van der Waals surface area contributed by atoms with Gasteiger partial charge in [-0.2, -0.15) is 0 Å². The molecule has 2 aliphatic rings. The van der Waals surface area contributed by atoms with Crippen LogP contribution in [0.5, 0.6) is 0 Å². The number of hydrogen-bond acceptors (Lipinski definition) is 4. The monoisotopic (exact) mass is 339 g/mol. The van der Waals surface area contributed by atoms with Gasteiger partial charge < -0.3 is 19.4 Å². The van der Waals surface area contributed by atoms with Crippen LogP contribution in [-0.2, 0) is 14.3 Å². The fraction of sp³-hybridized carbons (Fsp3) is 0.824. The Hall–Kier alpha value is -1.79. The number of rotatable bonds is 6. The van der Waals surface area contributed by atoms with Crippen molar-refractivity contribution >= 4 is 17.9 Å². The van der Waals surface area contributed by atoms with Crippen molar-refractivity contribution in [2.24, 2.45) is 5.41 Å². The highest BCUT2D eigenvalue weighted by Crippen LogP contribution is 2.48. The minimum absolute atomic E-state index is 0.0474. The van der Waals surface area contributed by atoms with Crippen LogP contribution in [0.4, 0.5) is 4.79 Å². The van der Waals surface area contributed by atoms with Gasteiger partial charge in [0, 0.05) is 39.8 Å². The van der Waals surface area contributed by atoms with Crippen LogP contribution in [0.2, 0.25) is 0 Å². The molecule has 7 heteroatoms. The third-order valence-corrected chi connectivity index (χ3v) is 4.86. The lowest BCUT2D eigenvalue weighted by Crippen LogP contribution is -2.54. The molecule has 0 radical (unpaired) electrons. The first-order valence-electron chi connectivity index (χ1n) is 8.93. The van der Waals surface area contributed by atoms with E-state index in [1.165, 1.54) is 0 Å². The van der Waals surface area contributed by atoms with Crippen LogP contribution in [0, 0.1) is 5.41 Å². The maximum atomic E-state index is 12.8.